The molecule has 0 aromatic heterocycles. The summed E-state index contributed by atoms with van der Waals surface area (Å²) in [5.41, 5.74) is 1.06. The Hall–Kier alpha value is -1.37. The molecule has 0 radical (unpaired) electrons. The van der Waals surface area contributed by atoms with Crippen LogP contribution in [-0.2, 0) is 19.3 Å². The Morgan fingerprint density at radius 2 is 1.80 bits per heavy atom. The van der Waals surface area contributed by atoms with Crippen molar-refractivity contribution in [2.24, 2.45) is 0 Å². The van der Waals surface area contributed by atoms with E-state index in [9.17, 15) is 8.42 Å². The number of unbranched alkanes of at least 4 members (excludes halogenated alkanes) is 1. The number of allylic oxidation sites excluding steroid dienone is 1. The number of hydrogen-bond acceptors (Lipinski definition) is 5. The first-order chi connectivity index (χ1) is 12.0. The molecule has 140 valence electrons. The SMILES string of the molecule is COC(CCCCN1C=C(S(=O)(=O)c2ccc(C)cc2)CCC1)OC. The van der Waals surface area contributed by atoms with Crippen molar-refractivity contribution in [3.8, 4) is 0 Å². The van der Waals surface area contributed by atoms with Gasteiger partial charge in [-0.3, -0.25) is 0 Å². The van der Waals surface area contributed by atoms with Crippen molar-refractivity contribution in [1.29, 1.82) is 0 Å². The van der Waals surface area contributed by atoms with Crippen LogP contribution in [0.5, 0.6) is 0 Å². The van der Waals surface area contributed by atoms with Gasteiger partial charge >= 0.3 is 0 Å². The lowest BCUT2D eigenvalue weighted by molar-refractivity contribution is -0.107. The molecule has 0 unspecified atom stereocenters. The molecule has 0 aliphatic carbocycles. The molecule has 1 aliphatic rings. The van der Waals surface area contributed by atoms with Gasteiger partial charge in [-0.1, -0.05) is 17.7 Å². The molecule has 6 heteroatoms. The van der Waals surface area contributed by atoms with E-state index >= 15 is 0 Å². The van der Waals surface area contributed by atoms with Crippen LogP contribution in [0.4, 0.5) is 0 Å². The Labute approximate surface area is 151 Å². The first-order valence-electron chi connectivity index (χ1n) is 8.79. The number of ether oxygens (including phenoxy) is 2. The molecule has 0 atom stereocenters. The van der Waals surface area contributed by atoms with Crippen molar-refractivity contribution in [3.63, 3.8) is 0 Å². The Morgan fingerprint density at radius 1 is 1.12 bits per heavy atom. The molecule has 0 spiro atoms. The average molecular weight is 368 g/mol. The maximum atomic E-state index is 12.8. The summed E-state index contributed by atoms with van der Waals surface area (Å²) in [4.78, 5) is 3.03. The van der Waals surface area contributed by atoms with Crippen molar-refractivity contribution in [1.82, 2.24) is 4.90 Å². The van der Waals surface area contributed by atoms with E-state index < -0.39 is 9.84 Å². The molecule has 2 rings (SSSR count). The Morgan fingerprint density at radius 3 is 2.44 bits per heavy atom. The topological polar surface area (TPSA) is 55.8 Å². The van der Waals surface area contributed by atoms with Crippen LogP contribution in [0, 0.1) is 6.92 Å². The van der Waals surface area contributed by atoms with Gasteiger partial charge in [0.15, 0.2) is 6.29 Å². The van der Waals surface area contributed by atoms with Gasteiger partial charge in [-0.05, 0) is 51.2 Å². The minimum absolute atomic E-state index is 0.158. The highest BCUT2D eigenvalue weighted by Gasteiger charge is 2.24. The van der Waals surface area contributed by atoms with Crippen molar-refractivity contribution in [3.05, 3.63) is 40.9 Å². The van der Waals surface area contributed by atoms with Crippen molar-refractivity contribution < 1.29 is 17.9 Å². The first kappa shape index (κ1) is 19.9. The highest BCUT2D eigenvalue weighted by Crippen LogP contribution is 2.27. The summed E-state index contributed by atoms with van der Waals surface area (Å²) in [6.07, 6.45) is 5.97. The molecule has 1 aromatic rings. The zero-order valence-corrected chi connectivity index (χ0v) is 16.2. The van der Waals surface area contributed by atoms with E-state index in [2.05, 4.69) is 4.90 Å². The standard InChI is InChI=1S/C19H29NO4S/c1-16-9-11-17(12-10-16)25(21,22)18-7-6-14-20(15-18)13-5-4-8-19(23-2)24-3/h9-12,15,19H,4-8,13-14H2,1-3H3. The number of benzene rings is 1. The van der Waals surface area contributed by atoms with Crippen LogP contribution < -0.4 is 0 Å². The average Bonchev–Trinajstić information content (AvgIpc) is 2.62. The third-order valence-corrected chi connectivity index (χ3v) is 6.43. The molecule has 0 saturated heterocycles. The van der Waals surface area contributed by atoms with Crippen molar-refractivity contribution in [2.75, 3.05) is 27.3 Å². The van der Waals surface area contributed by atoms with Crippen molar-refractivity contribution in [2.45, 2.75) is 50.2 Å². The van der Waals surface area contributed by atoms with Gasteiger partial charge in [-0.2, -0.15) is 0 Å². The number of rotatable bonds is 9. The van der Waals surface area contributed by atoms with Gasteiger partial charge in [-0.15, -0.1) is 0 Å². The maximum Gasteiger partial charge on any atom is 0.204 e. The molecule has 5 nitrogen and oxygen atoms in total. The van der Waals surface area contributed by atoms with Crippen LogP contribution in [0.3, 0.4) is 0 Å². The van der Waals surface area contributed by atoms with Crippen LogP contribution in [0.25, 0.3) is 0 Å². The Balaban J connectivity index is 1.96. The summed E-state index contributed by atoms with van der Waals surface area (Å²) in [5, 5.41) is 0. The van der Waals surface area contributed by atoms with E-state index in [4.69, 9.17) is 9.47 Å². The van der Waals surface area contributed by atoms with Crippen LogP contribution in [0.2, 0.25) is 0 Å². The second kappa shape index (κ2) is 9.36. The van der Waals surface area contributed by atoms with Gasteiger partial charge in [0.2, 0.25) is 9.84 Å². The van der Waals surface area contributed by atoms with Crippen LogP contribution >= 0.6 is 0 Å². The normalized spacial score (nSPS) is 15.5. The molecule has 0 saturated carbocycles. The molecule has 0 bridgehead atoms. The van der Waals surface area contributed by atoms with Crippen molar-refractivity contribution >= 4 is 9.84 Å². The largest absolute Gasteiger partial charge is 0.377 e. The van der Waals surface area contributed by atoms with Gasteiger partial charge in [0.25, 0.3) is 0 Å². The number of methoxy groups -OCH3 is 2. The highest BCUT2D eigenvalue weighted by molar-refractivity contribution is 7.95. The summed E-state index contributed by atoms with van der Waals surface area (Å²) < 4.78 is 36.0. The van der Waals surface area contributed by atoms with Crippen LogP contribution in [0.15, 0.2) is 40.3 Å². The van der Waals surface area contributed by atoms with Crippen LogP contribution in [0.1, 0.15) is 37.7 Å². The van der Waals surface area contributed by atoms with E-state index in [0.29, 0.717) is 16.2 Å². The molecule has 0 N–H and O–H groups in total. The summed E-state index contributed by atoms with van der Waals surface area (Å²) >= 11 is 0. The van der Waals surface area contributed by atoms with E-state index in [1.54, 1.807) is 26.4 Å². The second-order valence-corrected chi connectivity index (χ2v) is 8.45. The lowest BCUT2D eigenvalue weighted by Gasteiger charge is -2.27. The quantitative estimate of drug-likeness (QED) is 0.494. The van der Waals surface area contributed by atoms with E-state index in [1.165, 1.54) is 0 Å². The highest BCUT2D eigenvalue weighted by atomic mass is 32.2. The number of hydrogen-bond donors (Lipinski definition) is 0. The fourth-order valence-corrected chi connectivity index (χ4v) is 4.49. The third kappa shape index (κ3) is 5.56. The first-order valence-corrected chi connectivity index (χ1v) is 10.3. The molecule has 25 heavy (non-hydrogen) atoms. The van der Waals surface area contributed by atoms with Gasteiger partial charge in [0.05, 0.1) is 9.80 Å². The smallest absolute Gasteiger partial charge is 0.204 e. The minimum Gasteiger partial charge on any atom is -0.377 e. The third-order valence-electron chi connectivity index (χ3n) is 4.53. The zero-order valence-electron chi connectivity index (χ0n) is 15.4. The molecular formula is C19H29NO4S. The monoisotopic (exact) mass is 367 g/mol. The molecule has 0 fully saturated rings. The summed E-state index contributed by atoms with van der Waals surface area (Å²) in [6, 6.07) is 7.08. The number of nitrogens with zero attached hydrogens (tertiary/aromatic N) is 1. The van der Waals surface area contributed by atoms with Gasteiger partial charge in [0.1, 0.15) is 0 Å². The summed E-state index contributed by atoms with van der Waals surface area (Å²) in [5.74, 6) is 0. The number of sulfone groups is 1. The molecule has 0 amide bonds. The molecule has 1 aliphatic heterocycles. The summed E-state index contributed by atoms with van der Waals surface area (Å²) in [6.45, 7) is 3.72. The number of aryl methyl sites for hydroxylation is 1. The molecule has 1 heterocycles. The zero-order chi connectivity index (χ0) is 18.3. The van der Waals surface area contributed by atoms with Gasteiger partial charge in [-0.25, -0.2) is 8.42 Å². The molecule has 1 aromatic carbocycles. The minimum atomic E-state index is -3.38. The van der Waals surface area contributed by atoms with Gasteiger partial charge in [0, 0.05) is 33.5 Å². The van der Waals surface area contributed by atoms with E-state index in [0.717, 1.165) is 44.3 Å². The van der Waals surface area contributed by atoms with E-state index in [-0.39, 0.29) is 6.29 Å². The fourth-order valence-electron chi connectivity index (χ4n) is 3.00. The lowest BCUT2D eigenvalue weighted by Crippen LogP contribution is -2.26. The predicted molar refractivity (Wildman–Crippen MR) is 98.9 cm³/mol. The fraction of sp³-hybridized carbons (Fsp3) is 0.579. The Kier molecular flexibility index (Phi) is 7.47. The van der Waals surface area contributed by atoms with Gasteiger partial charge < -0.3 is 14.4 Å². The summed E-state index contributed by atoms with van der Waals surface area (Å²) in [7, 11) is -0.0990. The van der Waals surface area contributed by atoms with E-state index in [1.807, 2.05) is 25.3 Å². The van der Waals surface area contributed by atoms with Crippen LogP contribution in [-0.4, -0.2) is 46.9 Å². The second-order valence-electron chi connectivity index (χ2n) is 6.45. The maximum absolute atomic E-state index is 12.8. The molecular weight excluding hydrogens is 338 g/mol. The predicted octanol–water partition coefficient (Wildman–Crippen LogP) is 3.50. The lowest BCUT2D eigenvalue weighted by atomic mass is 10.2. The Bertz CT molecular complexity index is 663.